The molecule has 0 bridgehead atoms. The molecule has 0 rings (SSSR count). The van der Waals surface area contributed by atoms with Crippen LogP contribution in [0.15, 0.2) is 0 Å². The van der Waals surface area contributed by atoms with Crippen molar-refractivity contribution in [3.63, 3.8) is 0 Å². The minimum absolute atomic E-state index is 0.502. The van der Waals surface area contributed by atoms with Crippen molar-refractivity contribution in [2.75, 3.05) is 0 Å². The maximum Gasteiger partial charge on any atom is 0.205 e. The van der Waals surface area contributed by atoms with E-state index < -0.39 is 9.04 Å². The number of hydrogen-bond acceptors (Lipinski definition) is 1. The first-order valence-corrected chi connectivity index (χ1v) is 10.1. The maximum absolute atomic E-state index is 5.96. The molecule has 1 nitrogen and oxygen atoms in total. The Kier molecular flexibility index (Phi) is 12.8. The first-order chi connectivity index (χ1) is 8.20. The first-order valence-electron chi connectivity index (χ1n) is 7.67. The summed E-state index contributed by atoms with van der Waals surface area (Å²) < 4.78 is 5.96. The molecule has 0 aliphatic rings. The van der Waals surface area contributed by atoms with Crippen molar-refractivity contribution in [3.8, 4) is 0 Å². The molecule has 0 fully saturated rings. The summed E-state index contributed by atoms with van der Waals surface area (Å²) in [6.45, 7) is 9.00. The summed E-state index contributed by atoms with van der Waals surface area (Å²) in [5.41, 5.74) is 0. The Balaban J connectivity index is 3.25. The van der Waals surface area contributed by atoms with E-state index in [9.17, 15) is 0 Å². The van der Waals surface area contributed by atoms with Gasteiger partial charge in [-0.25, -0.2) is 0 Å². The third kappa shape index (κ3) is 12.4. The summed E-state index contributed by atoms with van der Waals surface area (Å²) >= 11 is 0. The van der Waals surface area contributed by atoms with Crippen molar-refractivity contribution in [1.29, 1.82) is 0 Å². The molecular formula is C15H33OSi. The second kappa shape index (κ2) is 12.6. The van der Waals surface area contributed by atoms with E-state index in [-0.39, 0.29) is 0 Å². The molecule has 0 aromatic rings. The highest BCUT2D eigenvalue weighted by molar-refractivity contribution is 6.48. The molecule has 0 aliphatic carbocycles. The first kappa shape index (κ1) is 17.2. The van der Waals surface area contributed by atoms with Gasteiger partial charge in [0.2, 0.25) is 9.04 Å². The molecule has 0 aromatic heterocycles. The number of hydrogen-bond donors (Lipinski definition) is 0. The molecule has 1 atom stereocenters. The van der Waals surface area contributed by atoms with Crippen LogP contribution in [0.1, 0.15) is 78.1 Å². The van der Waals surface area contributed by atoms with Crippen LogP contribution in [-0.2, 0) is 4.43 Å². The molecule has 0 spiro atoms. The fourth-order valence-corrected chi connectivity index (χ4v) is 3.14. The minimum Gasteiger partial charge on any atom is -0.414 e. The Morgan fingerprint density at radius 3 is 1.82 bits per heavy atom. The lowest BCUT2D eigenvalue weighted by Gasteiger charge is -2.18. The standard InChI is InChI=1S/C15H33OSi/c1-5-7-8-9-10-11-12-13-14-15(6-2)16-17(3)4/h15H,5-14H2,1-4H3. The second-order valence-electron chi connectivity index (χ2n) is 5.32. The normalized spacial score (nSPS) is 13.2. The minimum atomic E-state index is -0.502. The van der Waals surface area contributed by atoms with Crippen molar-refractivity contribution in [2.45, 2.75) is 97.3 Å². The fraction of sp³-hybridized carbons (Fsp3) is 1.00. The van der Waals surface area contributed by atoms with Gasteiger partial charge in [-0.3, -0.25) is 0 Å². The Morgan fingerprint density at radius 1 is 0.824 bits per heavy atom. The topological polar surface area (TPSA) is 9.23 Å². The van der Waals surface area contributed by atoms with E-state index in [1.165, 1.54) is 64.2 Å². The molecule has 1 radical (unpaired) electrons. The van der Waals surface area contributed by atoms with Crippen LogP contribution < -0.4 is 0 Å². The Labute approximate surface area is 111 Å². The van der Waals surface area contributed by atoms with Gasteiger partial charge in [0.05, 0.1) is 0 Å². The fourth-order valence-electron chi connectivity index (χ4n) is 2.19. The average Bonchev–Trinajstić information content (AvgIpc) is 2.30. The van der Waals surface area contributed by atoms with E-state index in [4.69, 9.17) is 4.43 Å². The van der Waals surface area contributed by atoms with Crippen LogP contribution in [0.5, 0.6) is 0 Å². The van der Waals surface area contributed by atoms with E-state index in [0.29, 0.717) is 6.10 Å². The molecule has 103 valence electrons. The molecule has 1 unspecified atom stereocenters. The van der Waals surface area contributed by atoms with Gasteiger partial charge < -0.3 is 4.43 Å². The van der Waals surface area contributed by atoms with E-state index in [0.717, 1.165) is 0 Å². The molecule has 2 heteroatoms. The van der Waals surface area contributed by atoms with Crippen LogP contribution in [0, 0.1) is 0 Å². The summed E-state index contributed by atoms with van der Waals surface area (Å²) in [6, 6.07) is 0. The van der Waals surface area contributed by atoms with Gasteiger partial charge in [0.25, 0.3) is 0 Å². The third-order valence-corrected chi connectivity index (χ3v) is 4.04. The zero-order valence-corrected chi connectivity index (χ0v) is 13.6. The lowest BCUT2D eigenvalue weighted by Crippen LogP contribution is -2.19. The van der Waals surface area contributed by atoms with Crippen LogP contribution in [0.2, 0.25) is 13.1 Å². The highest BCUT2D eigenvalue weighted by Crippen LogP contribution is 2.14. The van der Waals surface area contributed by atoms with Gasteiger partial charge in [-0.05, 0) is 25.9 Å². The molecule has 0 aliphatic heterocycles. The molecular weight excluding hydrogens is 224 g/mol. The largest absolute Gasteiger partial charge is 0.414 e. The molecule has 0 aromatic carbocycles. The highest BCUT2D eigenvalue weighted by Gasteiger charge is 2.08. The van der Waals surface area contributed by atoms with Gasteiger partial charge >= 0.3 is 0 Å². The smallest absolute Gasteiger partial charge is 0.205 e. The Bertz CT molecular complexity index is 148. The maximum atomic E-state index is 5.96. The van der Waals surface area contributed by atoms with Gasteiger partial charge in [-0.2, -0.15) is 0 Å². The lowest BCUT2D eigenvalue weighted by molar-refractivity contribution is 0.185. The second-order valence-corrected chi connectivity index (χ2v) is 7.37. The van der Waals surface area contributed by atoms with Crippen molar-refractivity contribution in [3.05, 3.63) is 0 Å². The molecule has 0 N–H and O–H groups in total. The third-order valence-electron chi connectivity index (χ3n) is 3.24. The number of rotatable bonds is 12. The Hall–Kier alpha value is 0.177. The Morgan fingerprint density at radius 2 is 1.35 bits per heavy atom. The molecule has 17 heavy (non-hydrogen) atoms. The zero-order valence-electron chi connectivity index (χ0n) is 12.6. The summed E-state index contributed by atoms with van der Waals surface area (Å²) in [5, 5.41) is 0. The van der Waals surface area contributed by atoms with Crippen LogP contribution in [0.25, 0.3) is 0 Å². The predicted molar refractivity (Wildman–Crippen MR) is 79.9 cm³/mol. The number of unbranched alkanes of at least 4 members (excludes halogenated alkanes) is 7. The van der Waals surface area contributed by atoms with E-state index in [1.807, 2.05) is 0 Å². The molecule has 0 amide bonds. The quantitative estimate of drug-likeness (QED) is 0.328. The summed E-state index contributed by atoms with van der Waals surface area (Å²) in [5.74, 6) is 0. The van der Waals surface area contributed by atoms with E-state index in [2.05, 4.69) is 26.9 Å². The molecule has 0 heterocycles. The van der Waals surface area contributed by atoms with Crippen LogP contribution in [0.3, 0.4) is 0 Å². The summed E-state index contributed by atoms with van der Waals surface area (Å²) in [7, 11) is -0.502. The lowest BCUT2D eigenvalue weighted by atomic mass is 10.0. The van der Waals surface area contributed by atoms with Crippen molar-refractivity contribution in [2.24, 2.45) is 0 Å². The highest BCUT2D eigenvalue weighted by atomic mass is 28.3. The monoisotopic (exact) mass is 257 g/mol. The van der Waals surface area contributed by atoms with Crippen molar-refractivity contribution in [1.82, 2.24) is 0 Å². The van der Waals surface area contributed by atoms with Gasteiger partial charge in [-0.15, -0.1) is 0 Å². The van der Waals surface area contributed by atoms with Crippen molar-refractivity contribution < 1.29 is 4.43 Å². The van der Waals surface area contributed by atoms with Crippen LogP contribution >= 0.6 is 0 Å². The summed E-state index contributed by atoms with van der Waals surface area (Å²) in [6.07, 6.45) is 14.3. The summed E-state index contributed by atoms with van der Waals surface area (Å²) in [4.78, 5) is 0. The van der Waals surface area contributed by atoms with Crippen LogP contribution in [0.4, 0.5) is 0 Å². The van der Waals surface area contributed by atoms with Crippen LogP contribution in [-0.4, -0.2) is 15.1 Å². The van der Waals surface area contributed by atoms with Gasteiger partial charge in [0, 0.05) is 6.10 Å². The predicted octanol–water partition coefficient (Wildman–Crippen LogP) is 5.56. The van der Waals surface area contributed by atoms with E-state index in [1.54, 1.807) is 0 Å². The SMILES string of the molecule is CCCCCCCCCCC(CC)O[Si](C)C. The van der Waals surface area contributed by atoms with Gasteiger partial charge in [0.1, 0.15) is 0 Å². The zero-order chi connectivity index (χ0) is 12.9. The average molecular weight is 258 g/mol. The van der Waals surface area contributed by atoms with Crippen molar-refractivity contribution >= 4 is 9.04 Å². The van der Waals surface area contributed by atoms with Gasteiger partial charge in [-0.1, -0.05) is 65.2 Å². The van der Waals surface area contributed by atoms with Gasteiger partial charge in [0.15, 0.2) is 0 Å². The molecule has 0 saturated heterocycles. The molecule has 0 saturated carbocycles. The van der Waals surface area contributed by atoms with E-state index >= 15 is 0 Å².